The molecule has 106 valence electrons. The summed E-state index contributed by atoms with van der Waals surface area (Å²) < 4.78 is 7.44. The van der Waals surface area contributed by atoms with Crippen LogP contribution < -0.4 is 0 Å². The lowest BCUT2D eigenvalue weighted by Crippen LogP contribution is -2.30. The Hall–Kier alpha value is -1.33. The molecular weight excluding hydrogens is 244 g/mol. The predicted molar refractivity (Wildman–Crippen MR) is 72.2 cm³/mol. The quantitative estimate of drug-likeness (QED) is 0.883. The molecule has 0 saturated carbocycles. The highest BCUT2D eigenvalue weighted by molar-refractivity contribution is 5.96. The van der Waals surface area contributed by atoms with Gasteiger partial charge in [-0.15, -0.1) is 0 Å². The minimum Gasteiger partial charge on any atom is -0.388 e. The molecule has 19 heavy (non-hydrogen) atoms. The van der Waals surface area contributed by atoms with E-state index in [1.165, 1.54) is 0 Å². The van der Waals surface area contributed by atoms with E-state index in [4.69, 9.17) is 4.74 Å². The second kappa shape index (κ2) is 5.35. The molecule has 1 aliphatic rings. The average molecular weight is 266 g/mol. The number of hydrogen-bond donors (Lipinski definition) is 1. The van der Waals surface area contributed by atoms with E-state index in [1.54, 1.807) is 4.90 Å². The normalized spacial score (nSPS) is 23.1. The fourth-order valence-electron chi connectivity index (χ4n) is 2.54. The summed E-state index contributed by atoms with van der Waals surface area (Å²) >= 11 is 0. The smallest absolute Gasteiger partial charge is 0.255 e. The third-order valence-corrected chi connectivity index (χ3v) is 3.91. The number of carbonyl (C=O) groups is 1. The number of aliphatic hydroxyl groups excluding tert-OH is 1. The zero-order chi connectivity index (χ0) is 14.2. The summed E-state index contributed by atoms with van der Waals surface area (Å²) in [7, 11) is 1.95. The van der Waals surface area contributed by atoms with Gasteiger partial charge in [-0.3, -0.25) is 4.79 Å². The number of aryl methyl sites for hydroxylation is 1. The molecule has 1 N–H and O–H groups in total. The Kier molecular flexibility index (Phi) is 3.96. The van der Waals surface area contributed by atoms with Crippen LogP contribution in [0.3, 0.4) is 0 Å². The minimum absolute atomic E-state index is 0.0255. The third-order valence-electron chi connectivity index (χ3n) is 3.91. The van der Waals surface area contributed by atoms with Crippen molar-refractivity contribution in [3.63, 3.8) is 0 Å². The number of hydrogen-bond acceptors (Lipinski definition) is 3. The molecule has 2 heterocycles. The Balaban J connectivity index is 2.15. The standard InChI is InChI=1S/C14H22N2O3/c1-5-19-13-8-16(7-12(13)17)14(18)11-6-9(2)15(4)10(11)3/h6,12-13,17H,5,7-8H2,1-4H3/t12-,13-/m1/s1. The van der Waals surface area contributed by atoms with Crippen LogP contribution in [0.1, 0.15) is 28.7 Å². The summed E-state index contributed by atoms with van der Waals surface area (Å²) in [5.74, 6) is -0.0255. The Bertz CT molecular complexity index is 481. The second-order valence-electron chi connectivity index (χ2n) is 5.12. The van der Waals surface area contributed by atoms with Gasteiger partial charge < -0.3 is 19.3 Å². The van der Waals surface area contributed by atoms with Crippen LogP contribution in [-0.2, 0) is 11.8 Å². The molecule has 1 aromatic rings. The molecule has 5 heteroatoms. The van der Waals surface area contributed by atoms with Gasteiger partial charge in [-0.25, -0.2) is 0 Å². The van der Waals surface area contributed by atoms with E-state index in [-0.39, 0.29) is 12.0 Å². The summed E-state index contributed by atoms with van der Waals surface area (Å²) in [5.41, 5.74) is 2.73. The summed E-state index contributed by atoms with van der Waals surface area (Å²) in [6, 6.07) is 1.90. The largest absolute Gasteiger partial charge is 0.388 e. The highest BCUT2D eigenvalue weighted by atomic mass is 16.5. The molecule has 1 amide bonds. The number of β-amino-alcohol motifs (C(OH)–C–C–N with tert-alkyl or cyclic N) is 1. The highest BCUT2D eigenvalue weighted by Crippen LogP contribution is 2.20. The van der Waals surface area contributed by atoms with Crippen LogP contribution in [0.5, 0.6) is 0 Å². The third kappa shape index (κ3) is 2.53. The maximum Gasteiger partial charge on any atom is 0.255 e. The van der Waals surface area contributed by atoms with E-state index in [0.717, 1.165) is 11.4 Å². The average Bonchev–Trinajstić information content (AvgIpc) is 2.86. The fourth-order valence-corrected chi connectivity index (χ4v) is 2.54. The molecule has 1 fully saturated rings. The highest BCUT2D eigenvalue weighted by Gasteiger charge is 2.35. The molecule has 5 nitrogen and oxygen atoms in total. The van der Waals surface area contributed by atoms with Crippen molar-refractivity contribution < 1.29 is 14.6 Å². The number of aromatic nitrogens is 1. The van der Waals surface area contributed by atoms with Gasteiger partial charge in [-0.1, -0.05) is 0 Å². The molecule has 0 bridgehead atoms. The molecule has 0 spiro atoms. The molecule has 0 unspecified atom stereocenters. The monoisotopic (exact) mass is 266 g/mol. The number of nitrogens with zero attached hydrogens (tertiary/aromatic N) is 2. The second-order valence-corrected chi connectivity index (χ2v) is 5.12. The first-order valence-corrected chi connectivity index (χ1v) is 6.67. The molecule has 0 radical (unpaired) electrons. The topological polar surface area (TPSA) is 54.7 Å². The first-order valence-electron chi connectivity index (χ1n) is 6.67. The Morgan fingerprint density at radius 1 is 1.47 bits per heavy atom. The van der Waals surface area contributed by atoms with Crippen LogP contribution in [0, 0.1) is 13.8 Å². The van der Waals surface area contributed by atoms with Gasteiger partial charge in [0.1, 0.15) is 6.10 Å². The lowest BCUT2D eigenvalue weighted by Gasteiger charge is -2.16. The van der Waals surface area contributed by atoms with E-state index >= 15 is 0 Å². The van der Waals surface area contributed by atoms with Crippen molar-refractivity contribution in [3.05, 3.63) is 23.0 Å². The molecule has 0 aromatic carbocycles. The van der Waals surface area contributed by atoms with E-state index in [1.807, 2.05) is 38.5 Å². The van der Waals surface area contributed by atoms with Crippen molar-refractivity contribution in [2.24, 2.45) is 7.05 Å². The Morgan fingerprint density at radius 2 is 2.16 bits per heavy atom. The molecule has 2 atom stereocenters. The van der Waals surface area contributed by atoms with Crippen molar-refractivity contribution in [1.82, 2.24) is 9.47 Å². The van der Waals surface area contributed by atoms with Gasteiger partial charge in [-0.2, -0.15) is 0 Å². The maximum atomic E-state index is 12.5. The lowest BCUT2D eigenvalue weighted by atomic mass is 10.2. The van der Waals surface area contributed by atoms with E-state index in [9.17, 15) is 9.90 Å². The number of likely N-dealkylation sites (tertiary alicyclic amines) is 1. The van der Waals surface area contributed by atoms with Crippen molar-refractivity contribution in [2.45, 2.75) is 33.0 Å². The maximum absolute atomic E-state index is 12.5. The first-order chi connectivity index (χ1) is 8.95. The Labute approximate surface area is 113 Å². The molecule has 0 aliphatic carbocycles. The number of rotatable bonds is 3. The number of aliphatic hydroxyl groups is 1. The summed E-state index contributed by atoms with van der Waals surface area (Å²) in [5, 5.41) is 9.89. The van der Waals surface area contributed by atoms with Crippen LogP contribution in [0.4, 0.5) is 0 Å². The van der Waals surface area contributed by atoms with Crippen LogP contribution in [-0.4, -0.2) is 52.4 Å². The van der Waals surface area contributed by atoms with Gasteiger partial charge >= 0.3 is 0 Å². The van der Waals surface area contributed by atoms with Crippen molar-refractivity contribution >= 4 is 5.91 Å². The van der Waals surface area contributed by atoms with Gasteiger partial charge in [0.05, 0.1) is 11.7 Å². The molecule has 1 aliphatic heterocycles. The summed E-state index contributed by atoms with van der Waals surface area (Å²) in [4.78, 5) is 14.1. The van der Waals surface area contributed by atoms with Gasteiger partial charge in [-0.05, 0) is 26.8 Å². The van der Waals surface area contributed by atoms with Gasteiger partial charge in [0.2, 0.25) is 0 Å². The van der Waals surface area contributed by atoms with Gasteiger partial charge in [0.15, 0.2) is 0 Å². The van der Waals surface area contributed by atoms with E-state index < -0.39 is 6.10 Å². The number of ether oxygens (including phenoxy) is 1. The number of amides is 1. The predicted octanol–water partition coefficient (Wildman–Crippen LogP) is 0.864. The van der Waals surface area contributed by atoms with Crippen molar-refractivity contribution in [2.75, 3.05) is 19.7 Å². The van der Waals surface area contributed by atoms with E-state index in [0.29, 0.717) is 25.3 Å². The first kappa shape index (κ1) is 14.1. The molecule has 2 rings (SSSR count). The molecule has 1 saturated heterocycles. The van der Waals surface area contributed by atoms with Crippen molar-refractivity contribution in [1.29, 1.82) is 0 Å². The van der Waals surface area contributed by atoms with Crippen LogP contribution >= 0.6 is 0 Å². The summed E-state index contributed by atoms with van der Waals surface area (Å²) in [6.07, 6.45) is -0.854. The Morgan fingerprint density at radius 3 is 2.68 bits per heavy atom. The van der Waals surface area contributed by atoms with Crippen LogP contribution in [0.15, 0.2) is 6.07 Å². The fraction of sp³-hybridized carbons (Fsp3) is 0.643. The van der Waals surface area contributed by atoms with E-state index in [2.05, 4.69) is 0 Å². The van der Waals surface area contributed by atoms with Gasteiger partial charge in [0, 0.05) is 38.1 Å². The minimum atomic E-state index is -0.589. The van der Waals surface area contributed by atoms with Crippen LogP contribution in [0.25, 0.3) is 0 Å². The molecular formula is C14H22N2O3. The van der Waals surface area contributed by atoms with Gasteiger partial charge in [0.25, 0.3) is 5.91 Å². The SMILES string of the molecule is CCO[C@@H]1CN(C(=O)c2cc(C)n(C)c2C)C[C@H]1O. The lowest BCUT2D eigenvalue weighted by molar-refractivity contribution is -0.00237. The molecule has 1 aromatic heterocycles. The van der Waals surface area contributed by atoms with Crippen LogP contribution in [0.2, 0.25) is 0 Å². The zero-order valence-corrected chi connectivity index (χ0v) is 12.0. The van der Waals surface area contributed by atoms with Crippen molar-refractivity contribution in [3.8, 4) is 0 Å². The number of carbonyl (C=O) groups excluding carboxylic acids is 1. The summed E-state index contributed by atoms with van der Waals surface area (Å²) in [6.45, 7) is 7.16. The zero-order valence-electron chi connectivity index (χ0n) is 12.0.